The van der Waals surface area contributed by atoms with Crippen molar-refractivity contribution in [2.45, 2.75) is 38.6 Å². The molecule has 1 saturated heterocycles. The van der Waals surface area contributed by atoms with Gasteiger partial charge in [-0.25, -0.2) is 0 Å². The number of benzene rings is 2. The summed E-state index contributed by atoms with van der Waals surface area (Å²) in [5.41, 5.74) is 1.79. The summed E-state index contributed by atoms with van der Waals surface area (Å²) in [6.07, 6.45) is 4.45. The van der Waals surface area contributed by atoms with Gasteiger partial charge in [0.05, 0.1) is 25.3 Å². The van der Waals surface area contributed by atoms with Gasteiger partial charge in [0.15, 0.2) is 0 Å². The van der Waals surface area contributed by atoms with E-state index in [2.05, 4.69) is 29.3 Å². The lowest BCUT2D eigenvalue weighted by molar-refractivity contribution is 0.0933. The first kappa shape index (κ1) is 21.2. The molecule has 5 nitrogen and oxygen atoms in total. The van der Waals surface area contributed by atoms with Crippen LogP contribution in [0.3, 0.4) is 0 Å². The molecule has 2 aromatic carbocycles. The molecule has 156 valence electrons. The van der Waals surface area contributed by atoms with Crippen LogP contribution < -0.4 is 14.8 Å². The fourth-order valence-electron chi connectivity index (χ4n) is 3.73. The summed E-state index contributed by atoms with van der Waals surface area (Å²) in [5.74, 6) is 1.41. The van der Waals surface area contributed by atoms with Gasteiger partial charge < -0.3 is 14.8 Å². The first-order chi connectivity index (χ1) is 14.2. The lowest BCUT2D eigenvalue weighted by Gasteiger charge is -2.28. The van der Waals surface area contributed by atoms with Crippen molar-refractivity contribution in [3.63, 3.8) is 0 Å². The Labute approximate surface area is 174 Å². The molecule has 0 aromatic heterocycles. The van der Waals surface area contributed by atoms with Crippen LogP contribution in [0.5, 0.6) is 11.5 Å². The quantitative estimate of drug-likeness (QED) is 0.603. The summed E-state index contributed by atoms with van der Waals surface area (Å²) in [6.45, 7) is 5.43. The molecule has 1 aliphatic rings. The van der Waals surface area contributed by atoms with Gasteiger partial charge in [0.2, 0.25) is 0 Å². The van der Waals surface area contributed by atoms with E-state index in [0.717, 1.165) is 31.7 Å². The van der Waals surface area contributed by atoms with Crippen LogP contribution in [0.15, 0.2) is 48.5 Å². The minimum atomic E-state index is -0.0881. The van der Waals surface area contributed by atoms with Crippen LogP contribution in [-0.4, -0.2) is 44.2 Å². The highest BCUT2D eigenvalue weighted by Gasteiger charge is 2.24. The second-order valence-corrected chi connectivity index (χ2v) is 7.44. The van der Waals surface area contributed by atoms with Crippen molar-refractivity contribution in [2.24, 2.45) is 0 Å². The van der Waals surface area contributed by atoms with Gasteiger partial charge in [-0.15, -0.1) is 0 Å². The number of nitrogens with one attached hydrogen (secondary N) is 1. The number of hydrogen-bond acceptors (Lipinski definition) is 4. The molecule has 0 aliphatic carbocycles. The van der Waals surface area contributed by atoms with E-state index in [1.54, 1.807) is 7.11 Å². The fourth-order valence-corrected chi connectivity index (χ4v) is 3.73. The topological polar surface area (TPSA) is 50.8 Å². The van der Waals surface area contributed by atoms with Crippen LogP contribution >= 0.6 is 0 Å². The van der Waals surface area contributed by atoms with E-state index in [4.69, 9.17) is 9.47 Å². The summed E-state index contributed by atoms with van der Waals surface area (Å²) < 4.78 is 11.1. The summed E-state index contributed by atoms with van der Waals surface area (Å²) in [7, 11) is 1.67. The first-order valence-corrected chi connectivity index (χ1v) is 10.6. The van der Waals surface area contributed by atoms with Gasteiger partial charge in [-0.05, 0) is 62.2 Å². The highest BCUT2D eigenvalue weighted by atomic mass is 16.5. The standard InChI is InChI=1S/C24H32N2O3/c1-3-4-17-29-23-10-6-5-9-21(23)24(27)25-18-22(26-15-7-8-16-26)19-11-13-20(28-2)14-12-19/h5-6,9-14,22H,3-4,7-8,15-18H2,1-2H3,(H,25,27)/t22-/m0/s1. The number of likely N-dealkylation sites (tertiary alicyclic amines) is 1. The molecule has 1 heterocycles. The Morgan fingerprint density at radius 1 is 1.10 bits per heavy atom. The number of para-hydroxylation sites is 1. The van der Waals surface area contributed by atoms with Gasteiger partial charge in [0, 0.05) is 6.54 Å². The van der Waals surface area contributed by atoms with E-state index in [-0.39, 0.29) is 11.9 Å². The monoisotopic (exact) mass is 396 g/mol. The predicted molar refractivity (Wildman–Crippen MR) is 116 cm³/mol. The minimum Gasteiger partial charge on any atom is -0.497 e. The second-order valence-electron chi connectivity index (χ2n) is 7.44. The molecule has 0 bridgehead atoms. The Hall–Kier alpha value is -2.53. The number of hydrogen-bond donors (Lipinski definition) is 1. The highest BCUT2D eigenvalue weighted by Crippen LogP contribution is 2.26. The average molecular weight is 397 g/mol. The lowest BCUT2D eigenvalue weighted by Crippen LogP contribution is -2.37. The zero-order valence-corrected chi connectivity index (χ0v) is 17.5. The van der Waals surface area contributed by atoms with Crippen LogP contribution in [0.1, 0.15) is 54.6 Å². The van der Waals surface area contributed by atoms with Gasteiger partial charge in [0.1, 0.15) is 11.5 Å². The van der Waals surface area contributed by atoms with Gasteiger partial charge in [-0.1, -0.05) is 37.6 Å². The Morgan fingerprint density at radius 3 is 2.52 bits per heavy atom. The van der Waals surface area contributed by atoms with Crippen LogP contribution in [0.25, 0.3) is 0 Å². The zero-order valence-electron chi connectivity index (χ0n) is 17.5. The minimum absolute atomic E-state index is 0.0881. The third kappa shape index (κ3) is 5.73. The van der Waals surface area contributed by atoms with E-state index < -0.39 is 0 Å². The highest BCUT2D eigenvalue weighted by molar-refractivity contribution is 5.96. The van der Waals surface area contributed by atoms with Gasteiger partial charge in [-0.3, -0.25) is 9.69 Å². The molecule has 3 rings (SSSR count). The molecule has 0 saturated carbocycles. The van der Waals surface area contributed by atoms with Crippen molar-refractivity contribution in [3.05, 3.63) is 59.7 Å². The Morgan fingerprint density at radius 2 is 1.83 bits per heavy atom. The molecule has 0 unspecified atom stereocenters. The first-order valence-electron chi connectivity index (χ1n) is 10.6. The molecule has 29 heavy (non-hydrogen) atoms. The van der Waals surface area contributed by atoms with Crippen LogP contribution in [0.4, 0.5) is 0 Å². The van der Waals surface area contributed by atoms with Gasteiger partial charge >= 0.3 is 0 Å². The molecule has 1 fully saturated rings. The van der Waals surface area contributed by atoms with Gasteiger partial charge in [0.25, 0.3) is 5.91 Å². The van der Waals surface area contributed by atoms with Crippen molar-refractivity contribution in [3.8, 4) is 11.5 Å². The van der Waals surface area contributed by atoms with Crippen LogP contribution in [0.2, 0.25) is 0 Å². The number of methoxy groups -OCH3 is 1. The van der Waals surface area contributed by atoms with E-state index >= 15 is 0 Å². The largest absolute Gasteiger partial charge is 0.497 e. The molecule has 2 aromatic rings. The number of unbranched alkanes of at least 4 members (excludes halogenated alkanes) is 1. The normalized spacial score (nSPS) is 15.1. The number of rotatable bonds is 10. The molecular formula is C24H32N2O3. The zero-order chi connectivity index (χ0) is 20.5. The average Bonchev–Trinajstić information content (AvgIpc) is 3.29. The summed E-state index contributed by atoms with van der Waals surface area (Å²) in [6, 6.07) is 15.8. The van der Waals surface area contributed by atoms with Crippen molar-refractivity contribution < 1.29 is 14.3 Å². The van der Waals surface area contributed by atoms with Crippen molar-refractivity contribution >= 4 is 5.91 Å². The molecule has 1 atom stereocenters. The predicted octanol–water partition coefficient (Wildman–Crippen LogP) is 4.44. The molecule has 0 radical (unpaired) electrons. The van der Waals surface area contributed by atoms with E-state index in [1.165, 1.54) is 18.4 Å². The van der Waals surface area contributed by atoms with Crippen molar-refractivity contribution in [1.29, 1.82) is 0 Å². The fraction of sp³-hybridized carbons (Fsp3) is 0.458. The van der Waals surface area contributed by atoms with Crippen molar-refractivity contribution in [1.82, 2.24) is 10.2 Å². The van der Waals surface area contributed by atoms with Crippen molar-refractivity contribution in [2.75, 3.05) is 33.4 Å². The Bertz CT molecular complexity index is 770. The number of carbonyl (C=O) groups excluding carboxylic acids is 1. The third-order valence-corrected chi connectivity index (χ3v) is 5.43. The Kier molecular flexibility index (Phi) is 7.94. The smallest absolute Gasteiger partial charge is 0.255 e. The maximum Gasteiger partial charge on any atom is 0.255 e. The molecular weight excluding hydrogens is 364 g/mol. The molecule has 0 spiro atoms. The summed E-state index contributed by atoms with van der Waals surface area (Å²) in [4.78, 5) is 15.4. The lowest BCUT2D eigenvalue weighted by atomic mass is 10.0. The van der Waals surface area contributed by atoms with Crippen LogP contribution in [0, 0.1) is 0 Å². The molecule has 1 amide bonds. The Balaban J connectivity index is 1.69. The van der Waals surface area contributed by atoms with Crippen LogP contribution in [-0.2, 0) is 0 Å². The number of ether oxygens (including phenoxy) is 2. The molecule has 1 N–H and O–H groups in total. The molecule has 5 heteroatoms. The third-order valence-electron chi connectivity index (χ3n) is 5.43. The van der Waals surface area contributed by atoms with E-state index in [1.807, 2.05) is 36.4 Å². The number of amides is 1. The van der Waals surface area contributed by atoms with E-state index in [9.17, 15) is 4.79 Å². The SMILES string of the molecule is CCCCOc1ccccc1C(=O)NC[C@@H](c1ccc(OC)cc1)N1CCCC1. The number of nitrogens with zero attached hydrogens (tertiary/aromatic N) is 1. The summed E-state index contributed by atoms with van der Waals surface area (Å²) in [5, 5.41) is 3.14. The summed E-state index contributed by atoms with van der Waals surface area (Å²) >= 11 is 0. The van der Waals surface area contributed by atoms with E-state index in [0.29, 0.717) is 24.5 Å². The number of carbonyl (C=O) groups is 1. The molecule has 1 aliphatic heterocycles. The second kappa shape index (κ2) is 10.9. The maximum absolute atomic E-state index is 12.9. The van der Waals surface area contributed by atoms with Gasteiger partial charge in [-0.2, -0.15) is 0 Å². The maximum atomic E-state index is 12.9.